The van der Waals surface area contributed by atoms with Gasteiger partial charge in [0.1, 0.15) is 17.3 Å². The second kappa shape index (κ2) is 5.00. The van der Waals surface area contributed by atoms with Gasteiger partial charge in [-0.05, 0) is 36.7 Å². The molecule has 1 rings (SSSR count). The molecule has 0 N–H and O–H groups in total. The number of hydrogen-bond donors (Lipinski definition) is 0. The van der Waals surface area contributed by atoms with Crippen molar-refractivity contribution in [3.05, 3.63) is 12.2 Å². The zero-order valence-electron chi connectivity index (χ0n) is 8.81. The Labute approximate surface area is 96.3 Å². The van der Waals surface area contributed by atoms with Crippen LogP contribution in [0.2, 0.25) is 0 Å². The van der Waals surface area contributed by atoms with Crippen LogP contribution in [0.15, 0.2) is 12.2 Å². The van der Waals surface area contributed by atoms with Crippen molar-refractivity contribution >= 4 is 30.4 Å². The summed E-state index contributed by atoms with van der Waals surface area (Å²) in [6.07, 6.45) is 7.46. The Morgan fingerprint density at radius 3 is 1.69 bits per heavy atom. The van der Waals surface area contributed by atoms with Gasteiger partial charge in [-0.15, -0.1) is 0 Å². The van der Waals surface area contributed by atoms with Gasteiger partial charge in [-0.2, -0.15) is 0 Å². The molecule has 0 atom stereocenters. The van der Waals surface area contributed by atoms with E-state index < -0.39 is 19.5 Å². The van der Waals surface area contributed by atoms with Crippen molar-refractivity contribution in [2.24, 2.45) is 0 Å². The van der Waals surface area contributed by atoms with Crippen LogP contribution in [0.3, 0.4) is 0 Å². The van der Waals surface area contributed by atoms with Crippen molar-refractivity contribution in [3.8, 4) is 0 Å². The third-order valence-corrected chi connectivity index (χ3v) is 4.08. The number of halogens is 6. The van der Waals surface area contributed by atoms with Crippen molar-refractivity contribution in [3.63, 3.8) is 0 Å². The fraction of sp³-hybridized carbons (Fsp3) is 0.750. The van der Waals surface area contributed by atoms with Crippen molar-refractivity contribution in [2.75, 3.05) is 17.3 Å². The third-order valence-electron chi connectivity index (χ3n) is 1.68. The van der Waals surface area contributed by atoms with E-state index in [4.69, 9.17) is 0 Å². The summed E-state index contributed by atoms with van der Waals surface area (Å²) in [7, 11) is 0.786. The molecule has 0 radical (unpaired) electrons. The van der Waals surface area contributed by atoms with Crippen LogP contribution < -0.4 is 0 Å². The minimum atomic E-state index is -11.2. The first-order valence-corrected chi connectivity index (χ1v) is 12.2. The van der Waals surface area contributed by atoms with E-state index in [0.29, 0.717) is 0 Å². The van der Waals surface area contributed by atoms with Gasteiger partial charge >= 0.3 is 36.4 Å². The summed E-state index contributed by atoms with van der Waals surface area (Å²) in [6.45, 7) is 2.11. The Bertz CT molecular complexity index is 225. The van der Waals surface area contributed by atoms with Crippen LogP contribution in [0, 0.1) is 0 Å². The Morgan fingerprint density at radius 2 is 1.38 bits per heavy atom. The standard InChI is InChI=1S/C8H15S.6FH.Sb/c1-2-3-6-9-7-4-5-8-9;;;;;;;/h2-3H,4-8H2,1H3;6*1H;/q+1;;;;;;;+5/p-6. The molecule has 8 heteroatoms. The van der Waals surface area contributed by atoms with Crippen LogP contribution in [0.1, 0.15) is 19.8 Å². The summed E-state index contributed by atoms with van der Waals surface area (Å²) in [5.74, 6) is 4.37. The van der Waals surface area contributed by atoms with E-state index in [2.05, 4.69) is 19.1 Å². The fourth-order valence-electron chi connectivity index (χ4n) is 1.11. The van der Waals surface area contributed by atoms with Crippen LogP contribution in [0.25, 0.3) is 0 Å². The van der Waals surface area contributed by atoms with Gasteiger partial charge in [-0.1, -0.05) is 6.08 Å². The molecular weight excluding hydrogens is 364 g/mol. The molecule has 0 spiro atoms. The normalized spacial score (nSPS) is 22.4. The average Bonchev–Trinajstić information content (AvgIpc) is 2.46. The summed E-state index contributed by atoms with van der Waals surface area (Å²) >= 11 is -11.2. The van der Waals surface area contributed by atoms with Gasteiger partial charge in [-0.3, -0.25) is 0 Å². The second-order valence-corrected chi connectivity index (χ2v) is 11.3. The first-order valence-electron chi connectivity index (χ1n) is 4.70. The summed E-state index contributed by atoms with van der Waals surface area (Å²) < 4.78 is 59.6. The first kappa shape index (κ1) is 16.5. The van der Waals surface area contributed by atoms with Gasteiger partial charge in [0.05, 0.1) is 0 Å². The molecule has 0 aromatic heterocycles. The maximum atomic E-state index is 9.93. The van der Waals surface area contributed by atoms with Crippen LogP contribution >= 0.6 is 0 Å². The zero-order valence-corrected chi connectivity index (χ0v) is 12.2. The summed E-state index contributed by atoms with van der Waals surface area (Å²) in [5, 5.41) is 0. The van der Waals surface area contributed by atoms with Crippen molar-refractivity contribution < 1.29 is 16.9 Å². The quantitative estimate of drug-likeness (QED) is 0.293. The van der Waals surface area contributed by atoms with E-state index >= 15 is 0 Å². The minimum absolute atomic E-state index is 0.786. The molecule has 0 nitrogen and oxygen atoms in total. The van der Waals surface area contributed by atoms with E-state index in [0.717, 1.165) is 10.9 Å². The van der Waals surface area contributed by atoms with Crippen LogP contribution in [0.5, 0.6) is 0 Å². The molecule has 0 unspecified atom stereocenters. The molecule has 100 valence electrons. The van der Waals surface area contributed by atoms with Crippen LogP contribution in [-0.2, 0) is 10.9 Å². The molecule has 1 fully saturated rings. The molecule has 0 aromatic rings. The van der Waals surface area contributed by atoms with Gasteiger partial charge in [0.15, 0.2) is 0 Å². The van der Waals surface area contributed by atoms with E-state index in [1.807, 2.05) is 0 Å². The molecular formula is C8H15F6SSb. The van der Waals surface area contributed by atoms with Crippen molar-refractivity contribution in [1.29, 1.82) is 0 Å². The Hall–Kier alpha value is 0.488. The third kappa shape index (κ3) is 20.0. The second-order valence-electron chi connectivity index (χ2n) is 3.42. The molecule has 1 aliphatic rings. The molecule has 0 aliphatic carbocycles. The Balaban J connectivity index is 0.000000293. The van der Waals surface area contributed by atoms with Gasteiger partial charge < -0.3 is 0 Å². The van der Waals surface area contributed by atoms with Gasteiger partial charge in [0.2, 0.25) is 0 Å². The number of rotatable bonds is 2. The Kier molecular flexibility index (Phi) is 5.16. The molecule has 1 heterocycles. The van der Waals surface area contributed by atoms with E-state index in [1.165, 1.54) is 30.1 Å². The molecule has 1 saturated heterocycles. The van der Waals surface area contributed by atoms with Crippen molar-refractivity contribution in [2.45, 2.75) is 19.8 Å². The van der Waals surface area contributed by atoms with E-state index in [-0.39, 0.29) is 0 Å². The molecule has 1 aliphatic heterocycles. The molecule has 0 aromatic carbocycles. The van der Waals surface area contributed by atoms with E-state index in [9.17, 15) is 16.9 Å². The monoisotopic (exact) mass is 378 g/mol. The average molecular weight is 379 g/mol. The predicted molar refractivity (Wildman–Crippen MR) is 58.4 cm³/mol. The molecule has 0 saturated carbocycles. The predicted octanol–water partition coefficient (Wildman–Crippen LogP) is 4.12. The first-order chi connectivity index (χ1) is 6.88. The number of hydrogen-bond acceptors (Lipinski definition) is 0. The van der Waals surface area contributed by atoms with Gasteiger partial charge in [0, 0.05) is 0 Å². The van der Waals surface area contributed by atoms with Crippen molar-refractivity contribution in [1.82, 2.24) is 0 Å². The molecule has 16 heavy (non-hydrogen) atoms. The Morgan fingerprint density at radius 1 is 1.00 bits per heavy atom. The molecule has 0 bridgehead atoms. The maximum absolute atomic E-state index is 11.2. The van der Waals surface area contributed by atoms with Crippen LogP contribution in [0.4, 0.5) is 16.9 Å². The summed E-state index contributed by atoms with van der Waals surface area (Å²) in [5.41, 5.74) is 0. The van der Waals surface area contributed by atoms with Gasteiger partial charge in [0.25, 0.3) is 0 Å². The topological polar surface area (TPSA) is 0 Å². The van der Waals surface area contributed by atoms with Crippen LogP contribution in [-0.4, -0.2) is 36.7 Å². The molecule has 0 amide bonds. The van der Waals surface area contributed by atoms with Gasteiger partial charge in [-0.25, -0.2) is 0 Å². The number of allylic oxidation sites excluding steroid dienone is 1. The SMILES string of the molecule is CC=CC[S+]1CCCC1.[F][Sb-]([F])([F])([F])([F])[F]. The van der Waals surface area contributed by atoms with E-state index in [1.54, 1.807) is 0 Å². The fourth-order valence-corrected chi connectivity index (χ4v) is 3.34. The summed E-state index contributed by atoms with van der Waals surface area (Å²) in [4.78, 5) is 0. The zero-order chi connectivity index (χ0) is 12.9. The summed E-state index contributed by atoms with van der Waals surface area (Å²) in [6, 6.07) is 0.